The van der Waals surface area contributed by atoms with Gasteiger partial charge in [-0.05, 0) is 37.3 Å². The molecule has 24 heavy (non-hydrogen) atoms. The van der Waals surface area contributed by atoms with Crippen molar-refractivity contribution in [1.82, 2.24) is 4.98 Å². The fourth-order valence-corrected chi connectivity index (χ4v) is 4.14. The van der Waals surface area contributed by atoms with Crippen molar-refractivity contribution in [2.24, 2.45) is 5.92 Å². The minimum Gasteiger partial charge on any atom is -0.422 e. The van der Waals surface area contributed by atoms with Gasteiger partial charge in [0.2, 0.25) is 0 Å². The van der Waals surface area contributed by atoms with Crippen molar-refractivity contribution in [1.29, 1.82) is 0 Å². The average Bonchev–Trinajstić information content (AvgIpc) is 2.95. The zero-order valence-electron chi connectivity index (χ0n) is 13.2. The molecule has 1 aromatic carbocycles. The monoisotopic (exact) mass is 340 g/mol. The first kappa shape index (κ1) is 15.1. The number of benzene rings is 1. The number of amides is 1. The van der Waals surface area contributed by atoms with Gasteiger partial charge in [0.25, 0.3) is 5.91 Å². The highest BCUT2D eigenvalue weighted by Crippen LogP contribution is 2.32. The second-order valence-corrected chi connectivity index (χ2v) is 7.26. The molecule has 0 spiro atoms. The maximum atomic E-state index is 12.5. The summed E-state index contributed by atoms with van der Waals surface area (Å²) < 4.78 is 5.21. The summed E-state index contributed by atoms with van der Waals surface area (Å²) >= 11 is 1.50. The predicted molar refractivity (Wildman–Crippen MR) is 93.7 cm³/mol. The van der Waals surface area contributed by atoms with Gasteiger partial charge < -0.3 is 4.42 Å². The zero-order valence-corrected chi connectivity index (χ0v) is 14.0. The van der Waals surface area contributed by atoms with Crippen LogP contribution in [0.3, 0.4) is 0 Å². The van der Waals surface area contributed by atoms with E-state index in [0.29, 0.717) is 16.6 Å². The predicted octanol–water partition coefficient (Wildman–Crippen LogP) is 3.63. The molecule has 122 valence electrons. The molecule has 0 saturated carbocycles. The normalized spacial score (nSPS) is 16.8. The average molecular weight is 340 g/mol. The molecule has 4 rings (SSSR count). The lowest BCUT2D eigenvalue weighted by Gasteiger charge is -2.15. The Hall–Kier alpha value is -2.47. The van der Waals surface area contributed by atoms with Gasteiger partial charge in [0.05, 0.1) is 5.69 Å². The molecule has 0 radical (unpaired) electrons. The van der Waals surface area contributed by atoms with E-state index >= 15 is 0 Å². The van der Waals surface area contributed by atoms with Gasteiger partial charge in [-0.3, -0.25) is 10.1 Å². The quantitative estimate of drug-likeness (QED) is 0.723. The molecule has 2 aromatic heterocycles. The van der Waals surface area contributed by atoms with Crippen LogP contribution in [0.1, 0.15) is 34.3 Å². The van der Waals surface area contributed by atoms with Crippen LogP contribution in [0, 0.1) is 5.92 Å². The van der Waals surface area contributed by atoms with E-state index in [1.807, 2.05) is 6.07 Å². The summed E-state index contributed by atoms with van der Waals surface area (Å²) in [5.74, 6) is 0.169. The van der Waals surface area contributed by atoms with Crippen molar-refractivity contribution in [2.45, 2.75) is 26.2 Å². The van der Waals surface area contributed by atoms with E-state index in [-0.39, 0.29) is 5.56 Å². The fourth-order valence-electron chi connectivity index (χ4n) is 2.98. The van der Waals surface area contributed by atoms with Crippen LogP contribution in [-0.2, 0) is 12.8 Å². The van der Waals surface area contributed by atoms with Crippen molar-refractivity contribution >= 4 is 33.3 Å². The van der Waals surface area contributed by atoms with E-state index in [0.717, 1.165) is 30.3 Å². The minimum absolute atomic E-state index is 0.00441. The van der Waals surface area contributed by atoms with Crippen LogP contribution in [-0.4, -0.2) is 10.9 Å². The number of aryl methyl sites for hydroxylation is 1. The Balaban J connectivity index is 1.63. The van der Waals surface area contributed by atoms with Crippen molar-refractivity contribution in [3.63, 3.8) is 0 Å². The second kappa shape index (κ2) is 5.87. The van der Waals surface area contributed by atoms with Gasteiger partial charge >= 0.3 is 5.63 Å². The lowest BCUT2D eigenvalue weighted by molar-refractivity contribution is 0.102. The third-order valence-corrected chi connectivity index (χ3v) is 5.33. The molecular weight excluding hydrogens is 324 g/mol. The minimum atomic E-state index is -0.638. The molecule has 0 saturated heterocycles. The van der Waals surface area contributed by atoms with Crippen LogP contribution >= 0.6 is 11.3 Å². The van der Waals surface area contributed by atoms with E-state index in [1.54, 1.807) is 24.3 Å². The second-order valence-electron chi connectivity index (χ2n) is 6.18. The lowest BCUT2D eigenvalue weighted by Crippen LogP contribution is -2.20. The SMILES string of the molecule is C[C@@H]1CCc2nc(NC(=O)c3cc4ccccc4oc3=O)sc2C1. The van der Waals surface area contributed by atoms with Gasteiger partial charge in [0.1, 0.15) is 11.1 Å². The van der Waals surface area contributed by atoms with Gasteiger partial charge in [-0.1, -0.05) is 25.1 Å². The summed E-state index contributed by atoms with van der Waals surface area (Å²) in [4.78, 5) is 30.2. The highest BCUT2D eigenvalue weighted by Gasteiger charge is 2.21. The summed E-state index contributed by atoms with van der Waals surface area (Å²) in [7, 11) is 0. The van der Waals surface area contributed by atoms with Gasteiger partial charge in [-0.25, -0.2) is 9.78 Å². The van der Waals surface area contributed by atoms with Crippen molar-refractivity contribution < 1.29 is 9.21 Å². The van der Waals surface area contributed by atoms with Crippen LogP contribution < -0.4 is 10.9 Å². The maximum Gasteiger partial charge on any atom is 0.349 e. The molecule has 1 N–H and O–H groups in total. The van der Waals surface area contributed by atoms with Gasteiger partial charge in [-0.15, -0.1) is 11.3 Å². The van der Waals surface area contributed by atoms with E-state index < -0.39 is 11.5 Å². The number of carbonyl (C=O) groups is 1. The lowest BCUT2D eigenvalue weighted by atomic mass is 9.93. The van der Waals surface area contributed by atoms with Crippen LogP contribution in [0.4, 0.5) is 5.13 Å². The molecular formula is C18H16N2O3S. The smallest absolute Gasteiger partial charge is 0.349 e. The van der Waals surface area contributed by atoms with Crippen LogP contribution in [0.25, 0.3) is 11.0 Å². The van der Waals surface area contributed by atoms with Crippen molar-refractivity contribution in [3.05, 3.63) is 56.9 Å². The summed E-state index contributed by atoms with van der Waals surface area (Å²) in [6.45, 7) is 2.22. The number of rotatable bonds is 2. The molecule has 0 aliphatic heterocycles. The van der Waals surface area contributed by atoms with E-state index in [4.69, 9.17) is 4.42 Å². The number of aromatic nitrogens is 1. The number of para-hydroxylation sites is 1. The number of nitrogens with one attached hydrogen (secondary N) is 1. The Morgan fingerprint density at radius 1 is 1.38 bits per heavy atom. The molecule has 0 unspecified atom stereocenters. The van der Waals surface area contributed by atoms with Gasteiger partial charge in [0.15, 0.2) is 5.13 Å². The summed E-state index contributed by atoms with van der Waals surface area (Å²) in [5.41, 5.74) is 0.896. The number of hydrogen-bond acceptors (Lipinski definition) is 5. The largest absolute Gasteiger partial charge is 0.422 e. The zero-order chi connectivity index (χ0) is 16.7. The van der Waals surface area contributed by atoms with Crippen LogP contribution in [0.2, 0.25) is 0 Å². The molecule has 1 amide bonds. The summed E-state index contributed by atoms with van der Waals surface area (Å²) in [5, 5.41) is 4.01. The Kier molecular flexibility index (Phi) is 3.69. The van der Waals surface area contributed by atoms with E-state index in [1.165, 1.54) is 16.2 Å². The number of hydrogen-bond donors (Lipinski definition) is 1. The molecule has 5 nitrogen and oxygen atoms in total. The van der Waals surface area contributed by atoms with Gasteiger partial charge in [0, 0.05) is 10.3 Å². The molecule has 1 aliphatic carbocycles. The first-order valence-electron chi connectivity index (χ1n) is 7.93. The highest BCUT2D eigenvalue weighted by molar-refractivity contribution is 7.15. The molecule has 1 aliphatic rings. The number of fused-ring (bicyclic) bond motifs is 2. The third kappa shape index (κ3) is 2.73. The van der Waals surface area contributed by atoms with E-state index in [2.05, 4.69) is 17.2 Å². The van der Waals surface area contributed by atoms with Crippen molar-refractivity contribution in [3.8, 4) is 0 Å². The Morgan fingerprint density at radius 3 is 3.08 bits per heavy atom. The molecule has 1 atom stereocenters. The Labute approximate surface area is 142 Å². The molecule has 0 bridgehead atoms. The maximum absolute atomic E-state index is 12.5. The number of thiazole rings is 1. The topological polar surface area (TPSA) is 72.2 Å². The first-order valence-corrected chi connectivity index (χ1v) is 8.74. The van der Waals surface area contributed by atoms with Crippen molar-refractivity contribution in [2.75, 3.05) is 5.32 Å². The number of carbonyl (C=O) groups excluding carboxylic acids is 1. The summed E-state index contributed by atoms with van der Waals surface area (Å²) in [6.07, 6.45) is 3.07. The molecule has 3 aromatic rings. The third-order valence-electron chi connectivity index (χ3n) is 4.29. The summed E-state index contributed by atoms with van der Waals surface area (Å²) in [6, 6.07) is 8.69. The number of nitrogens with zero attached hydrogens (tertiary/aromatic N) is 1. The molecule has 2 heterocycles. The van der Waals surface area contributed by atoms with Gasteiger partial charge in [-0.2, -0.15) is 0 Å². The van der Waals surface area contributed by atoms with Crippen LogP contribution in [0.5, 0.6) is 0 Å². The number of anilines is 1. The Bertz CT molecular complexity index is 989. The first-order chi connectivity index (χ1) is 11.6. The fraction of sp³-hybridized carbons (Fsp3) is 0.278. The van der Waals surface area contributed by atoms with E-state index in [9.17, 15) is 9.59 Å². The van der Waals surface area contributed by atoms with Crippen LogP contribution in [0.15, 0.2) is 39.5 Å². The Morgan fingerprint density at radius 2 is 2.21 bits per heavy atom. The molecule has 0 fully saturated rings. The molecule has 6 heteroatoms. The standard InChI is InChI=1S/C18H16N2O3S/c1-10-6-7-13-15(8-10)24-18(19-13)20-16(21)12-9-11-4-2-3-5-14(11)23-17(12)22/h2-5,9-10H,6-8H2,1H3,(H,19,20,21)/t10-/m1/s1. The highest BCUT2D eigenvalue weighted by atomic mass is 32.1.